The first-order valence-electron chi connectivity index (χ1n) is 6.00. The molecule has 0 saturated heterocycles. The van der Waals surface area contributed by atoms with Crippen LogP contribution < -0.4 is 5.32 Å². The Bertz CT molecular complexity index is 536. The number of aryl methyl sites for hydroxylation is 1. The van der Waals surface area contributed by atoms with Crippen LogP contribution in [0.15, 0.2) is 42.5 Å². The average Bonchev–Trinajstić information content (AvgIpc) is 2.39. The number of rotatable bonds is 4. The molecule has 0 aliphatic heterocycles. The van der Waals surface area contributed by atoms with Gasteiger partial charge in [-0.15, -0.1) is 0 Å². The van der Waals surface area contributed by atoms with Gasteiger partial charge in [0.15, 0.2) is 0 Å². The standard InChI is InChI=1S/C15H15ClFNO/c1-10-5-7-11(8-6-10)18-14(9-19)15-12(16)3-2-4-13(15)17/h2-8,14,18-19H,9H2,1H3. The van der Waals surface area contributed by atoms with E-state index in [1.807, 2.05) is 31.2 Å². The van der Waals surface area contributed by atoms with Crippen molar-refractivity contribution in [3.05, 3.63) is 64.4 Å². The summed E-state index contributed by atoms with van der Waals surface area (Å²) in [6.45, 7) is 1.75. The van der Waals surface area contributed by atoms with Gasteiger partial charge < -0.3 is 10.4 Å². The van der Waals surface area contributed by atoms with E-state index in [0.29, 0.717) is 5.02 Å². The maximum atomic E-state index is 13.8. The first kappa shape index (κ1) is 13.8. The zero-order chi connectivity index (χ0) is 13.8. The summed E-state index contributed by atoms with van der Waals surface area (Å²) in [5, 5.41) is 12.8. The van der Waals surface area contributed by atoms with Crippen molar-refractivity contribution in [2.75, 3.05) is 11.9 Å². The Morgan fingerprint density at radius 1 is 1.21 bits per heavy atom. The topological polar surface area (TPSA) is 32.3 Å². The maximum Gasteiger partial charge on any atom is 0.130 e. The van der Waals surface area contributed by atoms with Crippen LogP contribution in [-0.2, 0) is 0 Å². The predicted octanol–water partition coefficient (Wildman–Crippen LogP) is 3.93. The molecule has 4 heteroatoms. The Kier molecular flexibility index (Phi) is 4.40. The lowest BCUT2D eigenvalue weighted by atomic mass is 10.1. The van der Waals surface area contributed by atoms with Gasteiger partial charge in [0.25, 0.3) is 0 Å². The van der Waals surface area contributed by atoms with Crippen molar-refractivity contribution in [1.82, 2.24) is 0 Å². The van der Waals surface area contributed by atoms with E-state index in [9.17, 15) is 9.50 Å². The van der Waals surface area contributed by atoms with Crippen LogP contribution in [0.3, 0.4) is 0 Å². The molecule has 100 valence electrons. The summed E-state index contributed by atoms with van der Waals surface area (Å²) in [4.78, 5) is 0. The maximum absolute atomic E-state index is 13.8. The SMILES string of the molecule is Cc1ccc(NC(CO)c2c(F)cccc2Cl)cc1. The highest BCUT2D eigenvalue weighted by Gasteiger charge is 2.18. The van der Waals surface area contributed by atoms with E-state index in [-0.39, 0.29) is 12.2 Å². The van der Waals surface area contributed by atoms with Crippen molar-refractivity contribution in [1.29, 1.82) is 0 Å². The molecule has 0 radical (unpaired) electrons. The van der Waals surface area contributed by atoms with Crippen LogP contribution in [-0.4, -0.2) is 11.7 Å². The van der Waals surface area contributed by atoms with E-state index < -0.39 is 11.9 Å². The van der Waals surface area contributed by atoms with Gasteiger partial charge in [0.05, 0.1) is 12.6 Å². The van der Waals surface area contributed by atoms with Gasteiger partial charge in [-0.3, -0.25) is 0 Å². The minimum absolute atomic E-state index is 0.242. The molecule has 0 spiro atoms. The predicted molar refractivity (Wildman–Crippen MR) is 76.0 cm³/mol. The first-order valence-corrected chi connectivity index (χ1v) is 6.37. The molecular formula is C15H15ClFNO. The third kappa shape index (κ3) is 3.25. The van der Waals surface area contributed by atoms with Gasteiger partial charge >= 0.3 is 0 Å². The number of nitrogens with one attached hydrogen (secondary N) is 1. The monoisotopic (exact) mass is 279 g/mol. The number of hydrogen-bond acceptors (Lipinski definition) is 2. The molecule has 2 nitrogen and oxygen atoms in total. The van der Waals surface area contributed by atoms with Crippen LogP contribution in [0.1, 0.15) is 17.2 Å². The highest BCUT2D eigenvalue weighted by Crippen LogP contribution is 2.28. The summed E-state index contributed by atoms with van der Waals surface area (Å²) < 4.78 is 13.8. The molecule has 0 bridgehead atoms. The fourth-order valence-electron chi connectivity index (χ4n) is 1.90. The fourth-order valence-corrected chi connectivity index (χ4v) is 2.20. The molecule has 2 aromatic carbocycles. The molecule has 2 rings (SSSR count). The Hall–Kier alpha value is -1.58. The summed E-state index contributed by atoms with van der Waals surface area (Å²) >= 11 is 6.00. The zero-order valence-electron chi connectivity index (χ0n) is 10.5. The second-order valence-corrected chi connectivity index (χ2v) is 4.79. The molecule has 1 atom stereocenters. The van der Waals surface area contributed by atoms with Crippen LogP contribution in [0.5, 0.6) is 0 Å². The molecule has 0 saturated carbocycles. The van der Waals surface area contributed by atoms with Gasteiger partial charge in [0.1, 0.15) is 5.82 Å². The Balaban J connectivity index is 2.27. The second kappa shape index (κ2) is 6.04. The van der Waals surface area contributed by atoms with E-state index in [1.165, 1.54) is 6.07 Å². The summed E-state index contributed by atoms with van der Waals surface area (Å²) in [5.74, 6) is -0.425. The van der Waals surface area contributed by atoms with Crippen molar-refractivity contribution < 1.29 is 9.50 Å². The van der Waals surface area contributed by atoms with Crippen molar-refractivity contribution in [3.8, 4) is 0 Å². The van der Waals surface area contributed by atoms with Gasteiger partial charge in [-0.1, -0.05) is 35.4 Å². The highest BCUT2D eigenvalue weighted by atomic mass is 35.5. The number of aliphatic hydroxyl groups excluding tert-OH is 1. The van der Waals surface area contributed by atoms with E-state index >= 15 is 0 Å². The lowest BCUT2D eigenvalue weighted by molar-refractivity contribution is 0.274. The fraction of sp³-hybridized carbons (Fsp3) is 0.200. The van der Waals surface area contributed by atoms with Gasteiger partial charge in [0.2, 0.25) is 0 Å². The van der Waals surface area contributed by atoms with Crippen LogP contribution in [0.25, 0.3) is 0 Å². The number of hydrogen-bond donors (Lipinski definition) is 2. The van der Waals surface area contributed by atoms with Crippen molar-refractivity contribution in [2.45, 2.75) is 13.0 Å². The van der Waals surface area contributed by atoms with Gasteiger partial charge in [-0.05, 0) is 31.2 Å². The largest absolute Gasteiger partial charge is 0.394 e. The van der Waals surface area contributed by atoms with Crippen molar-refractivity contribution in [3.63, 3.8) is 0 Å². The molecule has 2 N–H and O–H groups in total. The molecule has 0 aliphatic carbocycles. The minimum atomic E-state index is -0.573. The van der Waals surface area contributed by atoms with Crippen LogP contribution in [0.2, 0.25) is 5.02 Å². The van der Waals surface area contributed by atoms with E-state index in [2.05, 4.69) is 5.32 Å². The molecule has 0 amide bonds. The molecule has 0 aromatic heterocycles. The zero-order valence-corrected chi connectivity index (χ0v) is 11.3. The number of aliphatic hydroxyl groups is 1. The summed E-state index contributed by atoms with van der Waals surface area (Å²) in [5.41, 5.74) is 2.23. The van der Waals surface area contributed by atoms with E-state index in [1.54, 1.807) is 12.1 Å². The Morgan fingerprint density at radius 2 is 1.89 bits per heavy atom. The van der Waals surface area contributed by atoms with Crippen LogP contribution in [0, 0.1) is 12.7 Å². The van der Waals surface area contributed by atoms with E-state index in [4.69, 9.17) is 11.6 Å². The first-order chi connectivity index (χ1) is 9.11. The summed E-state index contributed by atoms with van der Waals surface area (Å²) in [6.07, 6.45) is 0. The number of benzene rings is 2. The molecule has 0 fully saturated rings. The Morgan fingerprint density at radius 3 is 2.47 bits per heavy atom. The smallest absolute Gasteiger partial charge is 0.130 e. The minimum Gasteiger partial charge on any atom is -0.394 e. The normalized spacial score (nSPS) is 12.2. The number of halogens is 2. The molecule has 0 heterocycles. The van der Waals surface area contributed by atoms with Gasteiger partial charge in [0, 0.05) is 16.3 Å². The average molecular weight is 280 g/mol. The lowest BCUT2D eigenvalue weighted by Gasteiger charge is -2.20. The van der Waals surface area contributed by atoms with Crippen LogP contribution in [0.4, 0.5) is 10.1 Å². The highest BCUT2D eigenvalue weighted by molar-refractivity contribution is 6.31. The van der Waals surface area contributed by atoms with Crippen molar-refractivity contribution >= 4 is 17.3 Å². The third-order valence-electron chi connectivity index (χ3n) is 2.92. The molecule has 2 aromatic rings. The quantitative estimate of drug-likeness (QED) is 0.889. The summed E-state index contributed by atoms with van der Waals surface area (Å²) in [7, 11) is 0. The van der Waals surface area contributed by atoms with Gasteiger partial charge in [-0.25, -0.2) is 4.39 Å². The molecule has 19 heavy (non-hydrogen) atoms. The lowest BCUT2D eigenvalue weighted by Crippen LogP contribution is -2.16. The van der Waals surface area contributed by atoms with Crippen LogP contribution >= 0.6 is 11.6 Å². The third-order valence-corrected chi connectivity index (χ3v) is 3.25. The molecule has 0 aliphatic rings. The molecule has 1 unspecified atom stereocenters. The van der Waals surface area contributed by atoms with Gasteiger partial charge in [-0.2, -0.15) is 0 Å². The number of anilines is 1. The summed E-state index contributed by atoms with van der Waals surface area (Å²) in [6, 6.07) is 11.6. The van der Waals surface area contributed by atoms with E-state index in [0.717, 1.165) is 11.3 Å². The van der Waals surface area contributed by atoms with Crippen molar-refractivity contribution in [2.24, 2.45) is 0 Å². The Labute approximate surface area is 116 Å². The molecular weight excluding hydrogens is 265 g/mol. The second-order valence-electron chi connectivity index (χ2n) is 4.38.